The summed E-state index contributed by atoms with van der Waals surface area (Å²) in [6, 6.07) is 17.8. The Hall–Kier alpha value is -1.46. The number of halogens is 1. The van der Waals surface area contributed by atoms with Crippen LogP contribution in [0.4, 0.5) is 0 Å². The molecule has 2 aromatic carbocycles. The predicted octanol–water partition coefficient (Wildman–Crippen LogP) is 4.27. The Kier molecular flexibility index (Phi) is 7.49. The standard InChI is InChI=1S/C18H20BrNO2S/c1-14(22-17-9-7-16(19)8-10-17)18(21)20-11-12-23-13-15-5-3-2-4-6-15/h2-10,14H,11-13H2,1H3,(H,20,21)/t14-/m1/s1. The molecule has 3 nitrogen and oxygen atoms in total. The lowest BCUT2D eigenvalue weighted by Crippen LogP contribution is -2.37. The van der Waals surface area contributed by atoms with Crippen molar-refractivity contribution in [3.63, 3.8) is 0 Å². The third kappa shape index (κ3) is 6.67. The highest BCUT2D eigenvalue weighted by Crippen LogP contribution is 2.17. The molecule has 2 rings (SSSR count). The van der Waals surface area contributed by atoms with E-state index in [-0.39, 0.29) is 5.91 Å². The Morgan fingerprint density at radius 1 is 1.17 bits per heavy atom. The summed E-state index contributed by atoms with van der Waals surface area (Å²) < 4.78 is 6.60. The van der Waals surface area contributed by atoms with Crippen molar-refractivity contribution >= 4 is 33.6 Å². The summed E-state index contributed by atoms with van der Waals surface area (Å²) in [5.41, 5.74) is 1.30. The second-order valence-electron chi connectivity index (χ2n) is 5.04. The molecule has 0 unspecified atom stereocenters. The first-order valence-corrected chi connectivity index (χ1v) is 9.41. The smallest absolute Gasteiger partial charge is 0.260 e. The highest BCUT2D eigenvalue weighted by Gasteiger charge is 2.13. The van der Waals surface area contributed by atoms with Gasteiger partial charge in [0, 0.05) is 22.5 Å². The van der Waals surface area contributed by atoms with Crippen molar-refractivity contribution in [1.29, 1.82) is 0 Å². The first-order chi connectivity index (χ1) is 11.1. The summed E-state index contributed by atoms with van der Waals surface area (Å²) in [7, 11) is 0. The third-order valence-corrected chi connectivity index (χ3v) is 4.71. The van der Waals surface area contributed by atoms with Crippen molar-refractivity contribution in [2.24, 2.45) is 0 Å². The Labute approximate surface area is 149 Å². The topological polar surface area (TPSA) is 38.3 Å². The van der Waals surface area contributed by atoms with Crippen LogP contribution in [-0.4, -0.2) is 24.3 Å². The average molecular weight is 394 g/mol. The minimum atomic E-state index is -0.504. The van der Waals surface area contributed by atoms with E-state index >= 15 is 0 Å². The number of carbonyl (C=O) groups is 1. The molecule has 2 aromatic rings. The summed E-state index contributed by atoms with van der Waals surface area (Å²) in [5.74, 6) is 2.44. The van der Waals surface area contributed by atoms with Gasteiger partial charge in [0.15, 0.2) is 6.10 Å². The average Bonchev–Trinajstić information content (AvgIpc) is 2.57. The van der Waals surface area contributed by atoms with Gasteiger partial charge in [0.1, 0.15) is 5.75 Å². The van der Waals surface area contributed by atoms with E-state index in [4.69, 9.17) is 4.74 Å². The fourth-order valence-electron chi connectivity index (χ4n) is 1.93. The summed E-state index contributed by atoms with van der Waals surface area (Å²) >= 11 is 5.17. The second-order valence-corrected chi connectivity index (χ2v) is 7.06. The minimum Gasteiger partial charge on any atom is -0.481 e. The molecule has 0 spiro atoms. The molecule has 0 aliphatic carbocycles. The maximum Gasteiger partial charge on any atom is 0.260 e. The summed E-state index contributed by atoms with van der Waals surface area (Å²) in [5, 5.41) is 2.91. The van der Waals surface area contributed by atoms with Crippen LogP contribution < -0.4 is 10.1 Å². The van der Waals surface area contributed by atoms with Crippen LogP contribution in [0.1, 0.15) is 12.5 Å². The zero-order valence-electron chi connectivity index (χ0n) is 13.0. The lowest BCUT2D eigenvalue weighted by atomic mass is 10.2. The van der Waals surface area contributed by atoms with Gasteiger partial charge in [0.2, 0.25) is 0 Å². The molecule has 0 bridgehead atoms. The van der Waals surface area contributed by atoms with Gasteiger partial charge in [0.05, 0.1) is 0 Å². The zero-order chi connectivity index (χ0) is 16.5. The Morgan fingerprint density at radius 3 is 2.57 bits per heavy atom. The summed E-state index contributed by atoms with van der Waals surface area (Å²) in [6.07, 6.45) is -0.504. The number of thioether (sulfide) groups is 1. The van der Waals surface area contributed by atoms with E-state index in [2.05, 4.69) is 33.4 Å². The van der Waals surface area contributed by atoms with Crippen molar-refractivity contribution in [2.45, 2.75) is 18.8 Å². The molecule has 0 aliphatic rings. The minimum absolute atomic E-state index is 0.0896. The maximum atomic E-state index is 12.0. The quantitative estimate of drug-likeness (QED) is 0.680. The molecule has 0 aliphatic heterocycles. The molecule has 0 heterocycles. The number of benzene rings is 2. The zero-order valence-corrected chi connectivity index (χ0v) is 15.4. The number of hydrogen-bond donors (Lipinski definition) is 1. The lowest BCUT2D eigenvalue weighted by molar-refractivity contribution is -0.127. The van der Waals surface area contributed by atoms with Crippen LogP contribution in [0, 0.1) is 0 Å². The fourth-order valence-corrected chi connectivity index (χ4v) is 3.01. The van der Waals surface area contributed by atoms with Gasteiger partial charge in [-0.3, -0.25) is 4.79 Å². The molecule has 5 heteroatoms. The van der Waals surface area contributed by atoms with Crippen LogP contribution >= 0.6 is 27.7 Å². The van der Waals surface area contributed by atoms with Gasteiger partial charge < -0.3 is 10.1 Å². The molecule has 1 atom stereocenters. The van der Waals surface area contributed by atoms with Gasteiger partial charge >= 0.3 is 0 Å². The van der Waals surface area contributed by atoms with Crippen molar-refractivity contribution in [2.75, 3.05) is 12.3 Å². The SMILES string of the molecule is C[C@@H](Oc1ccc(Br)cc1)C(=O)NCCSCc1ccccc1. The summed E-state index contributed by atoms with van der Waals surface area (Å²) in [6.45, 7) is 2.40. The van der Waals surface area contributed by atoms with Crippen molar-refractivity contribution in [3.8, 4) is 5.75 Å². The van der Waals surface area contributed by atoms with E-state index in [0.29, 0.717) is 12.3 Å². The van der Waals surface area contributed by atoms with E-state index in [9.17, 15) is 4.79 Å². The molecule has 0 saturated heterocycles. The molecular formula is C18H20BrNO2S. The second kappa shape index (κ2) is 9.63. The van der Waals surface area contributed by atoms with E-state index in [1.165, 1.54) is 5.56 Å². The highest BCUT2D eigenvalue weighted by molar-refractivity contribution is 9.10. The number of rotatable bonds is 8. The Balaban J connectivity index is 1.63. The number of ether oxygens (including phenoxy) is 1. The molecule has 1 N–H and O–H groups in total. The third-order valence-electron chi connectivity index (χ3n) is 3.15. The first-order valence-electron chi connectivity index (χ1n) is 7.47. The van der Waals surface area contributed by atoms with Crippen LogP contribution in [0.2, 0.25) is 0 Å². The van der Waals surface area contributed by atoms with Gasteiger partial charge in [-0.1, -0.05) is 46.3 Å². The Bertz CT molecular complexity index is 604. The van der Waals surface area contributed by atoms with E-state index in [1.807, 2.05) is 42.5 Å². The number of carbonyl (C=O) groups excluding carboxylic acids is 1. The van der Waals surface area contributed by atoms with Gasteiger partial charge in [-0.15, -0.1) is 0 Å². The predicted molar refractivity (Wildman–Crippen MR) is 99.8 cm³/mol. The number of hydrogen-bond acceptors (Lipinski definition) is 3. The fraction of sp³-hybridized carbons (Fsp3) is 0.278. The molecule has 1 amide bonds. The van der Waals surface area contributed by atoms with Crippen LogP contribution in [-0.2, 0) is 10.5 Å². The molecule has 122 valence electrons. The van der Waals surface area contributed by atoms with E-state index in [0.717, 1.165) is 16.0 Å². The van der Waals surface area contributed by atoms with Gasteiger partial charge in [-0.25, -0.2) is 0 Å². The van der Waals surface area contributed by atoms with Crippen molar-refractivity contribution < 1.29 is 9.53 Å². The number of nitrogens with one attached hydrogen (secondary N) is 1. The van der Waals surface area contributed by atoms with Crippen LogP contribution in [0.25, 0.3) is 0 Å². The first kappa shape index (κ1) is 17.9. The van der Waals surface area contributed by atoms with E-state index < -0.39 is 6.10 Å². The van der Waals surface area contributed by atoms with Crippen molar-refractivity contribution in [1.82, 2.24) is 5.32 Å². The lowest BCUT2D eigenvalue weighted by Gasteiger charge is -2.14. The molecule has 0 saturated carbocycles. The Morgan fingerprint density at radius 2 is 1.87 bits per heavy atom. The van der Waals surface area contributed by atoms with Gasteiger partial charge in [0.25, 0.3) is 5.91 Å². The number of amides is 1. The van der Waals surface area contributed by atoms with Crippen LogP contribution in [0.15, 0.2) is 59.1 Å². The highest BCUT2D eigenvalue weighted by atomic mass is 79.9. The molecule has 0 radical (unpaired) electrons. The van der Waals surface area contributed by atoms with E-state index in [1.54, 1.807) is 18.7 Å². The molecule has 0 fully saturated rings. The maximum absolute atomic E-state index is 12.0. The molecular weight excluding hydrogens is 374 g/mol. The monoisotopic (exact) mass is 393 g/mol. The largest absolute Gasteiger partial charge is 0.481 e. The van der Waals surface area contributed by atoms with Crippen molar-refractivity contribution in [3.05, 3.63) is 64.6 Å². The van der Waals surface area contributed by atoms with Crippen LogP contribution in [0.3, 0.4) is 0 Å². The van der Waals surface area contributed by atoms with Gasteiger partial charge in [-0.2, -0.15) is 11.8 Å². The van der Waals surface area contributed by atoms with Crippen LogP contribution in [0.5, 0.6) is 5.75 Å². The molecule has 0 aromatic heterocycles. The molecule has 23 heavy (non-hydrogen) atoms. The normalized spacial score (nSPS) is 11.7. The summed E-state index contributed by atoms with van der Waals surface area (Å²) in [4.78, 5) is 12.0. The van der Waals surface area contributed by atoms with Gasteiger partial charge in [-0.05, 0) is 36.8 Å².